The molecule has 2 amide bonds. The maximum atomic E-state index is 12.2. The molecular formula is C19H22N2O4. The lowest BCUT2D eigenvalue weighted by molar-refractivity contribution is 0.0349. The third kappa shape index (κ3) is 4.32. The first-order chi connectivity index (χ1) is 11.8. The summed E-state index contributed by atoms with van der Waals surface area (Å²) in [7, 11) is 1.27. The maximum Gasteiger partial charge on any atom is 0.426 e. The van der Waals surface area contributed by atoms with Crippen molar-refractivity contribution < 1.29 is 19.1 Å². The van der Waals surface area contributed by atoms with E-state index in [2.05, 4.69) is 6.04 Å². The minimum Gasteiger partial charge on any atom is -0.452 e. The summed E-state index contributed by atoms with van der Waals surface area (Å²) in [6, 6.07) is 9.55. The molecule has 0 atom stereocenters. The van der Waals surface area contributed by atoms with Crippen LogP contribution in [-0.2, 0) is 9.47 Å². The Kier molecular flexibility index (Phi) is 5.38. The van der Waals surface area contributed by atoms with E-state index in [1.807, 2.05) is 32.9 Å². The number of nitrogens with zero attached hydrogens (tertiary/aromatic N) is 2. The molecule has 0 saturated heterocycles. The number of ether oxygens (including phenoxy) is 2. The number of rotatable bonds is 2. The summed E-state index contributed by atoms with van der Waals surface area (Å²) in [5.41, 5.74) is 1.65. The third-order valence-corrected chi connectivity index (χ3v) is 3.54. The zero-order valence-corrected chi connectivity index (χ0v) is 14.9. The Balaban J connectivity index is 2.31. The predicted octanol–water partition coefficient (Wildman–Crippen LogP) is 3.83. The van der Waals surface area contributed by atoms with Crippen LogP contribution in [0.15, 0.2) is 30.5 Å². The summed E-state index contributed by atoms with van der Waals surface area (Å²) >= 11 is 0. The van der Waals surface area contributed by atoms with Crippen molar-refractivity contribution in [2.45, 2.75) is 32.8 Å². The highest BCUT2D eigenvalue weighted by Crippen LogP contribution is 2.33. The molecule has 0 radical (unpaired) electrons. The molecule has 6 nitrogen and oxygen atoms in total. The highest BCUT2D eigenvalue weighted by molar-refractivity contribution is 5.95. The number of methoxy groups -OCH3 is 1. The number of benzene rings is 1. The molecular weight excluding hydrogens is 320 g/mol. The van der Waals surface area contributed by atoms with Crippen LogP contribution in [0.5, 0.6) is 0 Å². The van der Waals surface area contributed by atoms with Crippen molar-refractivity contribution in [1.82, 2.24) is 4.90 Å². The molecule has 132 valence electrons. The van der Waals surface area contributed by atoms with E-state index in [-0.39, 0.29) is 0 Å². The first kappa shape index (κ1) is 18.4. The number of hydrogen-bond donors (Lipinski definition) is 0. The van der Waals surface area contributed by atoms with E-state index in [9.17, 15) is 9.59 Å². The molecule has 0 unspecified atom stereocenters. The molecule has 0 spiro atoms. The van der Waals surface area contributed by atoms with Gasteiger partial charge in [0.15, 0.2) is 0 Å². The number of carbonyl (C=O) groups excluding carboxylic acids is 2. The van der Waals surface area contributed by atoms with Crippen molar-refractivity contribution in [2.75, 3.05) is 18.6 Å². The Labute approximate surface area is 148 Å². The van der Waals surface area contributed by atoms with Gasteiger partial charge in [0.1, 0.15) is 5.60 Å². The zero-order chi connectivity index (χ0) is 18.6. The fourth-order valence-electron chi connectivity index (χ4n) is 2.48. The number of hydrogen-bond acceptors (Lipinski definition) is 4. The molecule has 0 N–H and O–H groups in total. The van der Waals surface area contributed by atoms with Crippen LogP contribution >= 0.6 is 0 Å². The average Bonchev–Trinajstić information content (AvgIpc) is 3.04. The van der Waals surface area contributed by atoms with E-state index in [4.69, 9.17) is 15.9 Å². The van der Waals surface area contributed by atoms with Gasteiger partial charge in [-0.2, -0.15) is 0 Å². The van der Waals surface area contributed by atoms with Crippen LogP contribution in [0.25, 0.3) is 5.57 Å². The van der Waals surface area contributed by atoms with Crippen molar-refractivity contribution in [3.05, 3.63) is 36.0 Å². The van der Waals surface area contributed by atoms with Gasteiger partial charge in [-0.15, -0.1) is 0 Å². The van der Waals surface area contributed by atoms with Gasteiger partial charge >= 0.3 is 12.2 Å². The van der Waals surface area contributed by atoms with Crippen LogP contribution in [0.4, 0.5) is 15.3 Å². The van der Waals surface area contributed by atoms with Gasteiger partial charge in [-0.3, -0.25) is 4.90 Å². The Morgan fingerprint density at radius 1 is 1.28 bits per heavy atom. The SMILES string of the molecule is C#CN(C(=O)OC)c1ccccc1C1=CN(C(=O)OC(C)(C)C)CC1. The highest BCUT2D eigenvalue weighted by atomic mass is 16.6. The van der Waals surface area contributed by atoms with Gasteiger partial charge in [-0.25, -0.2) is 14.5 Å². The molecule has 0 fully saturated rings. The van der Waals surface area contributed by atoms with Crippen molar-refractivity contribution in [1.29, 1.82) is 0 Å². The first-order valence-electron chi connectivity index (χ1n) is 7.91. The molecule has 0 aliphatic carbocycles. The predicted molar refractivity (Wildman–Crippen MR) is 95.7 cm³/mol. The Bertz CT molecular complexity index is 741. The summed E-state index contributed by atoms with van der Waals surface area (Å²) in [5, 5.41) is 0. The van der Waals surface area contributed by atoms with Crippen molar-refractivity contribution in [2.24, 2.45) is 0 Å². The standard InChI is InChI=1S/C19H22N2O4/c1-6-21(18(23)24-5)16-10-8-7-9-15(16)14-11-12-20(13-14)17(22)25-19(2,3)4/h1,7-10,13H,11-12H2,2-5H3. The van der Waals surface area contributed by atoms with Gasteiger partial charge in [0, 0.05) is 24.4 Å². The lowest BCUT2D eigenvalue weighted by atomic mass is 10.0. The third-order valence-electron chi connectivity index (χ3n) is 3.54. The van der Waals surface area contributed by atoms with E-state index < -0.39 is 17.8 Å². The first-order valence-corrected chi connectivity index (χ1v) is 7.91. The van der Waals surface area contributed by atoms with Crippen LogP contribution in [0.1, 0.15) is 32.8 Å². The van der Waals surface area contributed by atoms with Gasteiger partial charge in [0.25, 0.3) is 0 Å². The number of amides is 2. The second kappa shape index (κ2) is 7.31. The molecule has 6 heteroatoms. The maximum absolute atomic E-state index is 12.2. The summed E-state index contributed by atoms with van der Waals surface area (Å²) in [4.78, 5) is 26.7. The molecule has 0 bridgehead atoms. The fourth-order valence-corrected chi connectivity index (χ4v) is 2.48. The molecule has 2 rings (SSSR count). The summed E-state index contributed by atoms with van der Waals surface area (Å²) in [6.07, 6.45) is 6.79. The van der Waals surface area contributed by atoms with Gasteiger partial charge < -0.3 is 9.47 Å². The van der Waals surface area contributed by atoms with Gasteiger partial charge in [-0.1, -0.05) is 24.6 Å². The molecule has 1 aliphatic heterocycles. The Morgan fingerprint density at radius 2 is 1.96 bits per heavy atom. The van der Waals surface area contributed by atoms with Crippen molar-refractivity contribution in [3.8, 4) is 12.5 Å². The molecule has 0 aromatic heterocycles. The van der Waals surface area contributed by atoms with E-state index >= 15 is 0 Å². The quantitative estimate of drug-likeness (QED) is 0.605. The smallest absolute Gasteiger partial charge is 0.426 e. The normalized spacial score (nSPS) is 13.7. The Hall–Kier alpha value is -2.94. The van der Waals surface area contributed by atoms with Crippen LogP contribution in [0.2, 0.25) is 0 Å². The zero-order valence-electron chi connectivity index (χ0n) is 14.9. The molecule has 1 aromatic rings. The lowest BCUT2D eigenvalue weighted by Gasteiger charge is -2.23. The largest absolute Gasteiger partial charge is 0.452 e. The van der Waals surface area contributed by atoms with Gasteiger partial charge in [-0.05, 0) is 38.8 Å². The summed E-state index contributed by atoms with van der Waals surface area (Å²) in [5.74, 6) is 0. The molecule has 1 aromatic carbocycles. The molecule has 1 heterocycles. The van der Waals surface area contributed by atoms with E-state index in [0.717, 1.165) is 16.0 Å². The van der Waals surface area contributed by atoms with Crippen LogP contribution in [0.3, 0.4) is 0 Å². The fraction of sp³-hybridized carbons (Fsp3) is 0.368. The number of anilines is 1. The van der Waals surface area contributed by atoms with Crippen molar-refractivity contribution in [3.63, 3.8) is 0 Å². The highest BCUT2D eigenvalue weighted by Gasteiger charge is 2.27. The van der Waals surface area contributed by atoms with E-state index in [1.165, 1.54) is 12.0 Å². The van der Waals surface area contributed by atoms with Crippen LogP contribution in [-0.4, -0.2) is 36.3 Å². The second-order valence-electron chi connectivity index (χ2n) is 6.53. The number of para-hydroxylation sites is 1. The van der Waals surface area contributed by atoms with Crippen molar-refractivity contribution >= 4 is 23.4 Å². The monoisotopic (exact) mass is 342 g/mol. The van der Waals surface area contributed by atoms with E-state index in [0.29, 0.717) is 18.7 Å². The van der Waals surface area contributed by atoms with E-state index in [1.54, 1.807) is 18.3 Å². The summed E-state index contributed by atoms with van der Waals surface area (Å²) in [6.45, 7) is 5.97. The van der Waals surface area contributed by atoms with Gasteiger partial charge in [0.2, 0.25) is 0 Å². The summed E-state index contributed by atoms with van der Waals surface area (Å²) < 4.78 is 10.1. The lowest BCUT2D eigenvalue weighted by Crippen LogP contribution is -2.32. The Morgan fingerprint density at radius 3 is 2.56 bits per heavy atom. The van der Waals surface area contributed by atoms with Crippen LogP contribution in [0, 0.1) is 12.5 Å². The van der Waals surface area contributed by atoms with Crippen LogP contribution < -0.4 is 4.90 Å². The average molecular weight is 342 g/mol. The molecule has 1 aliphatic rings. The second-order valence-corrected chi connectivity index (χ2v) is 6.53. The number of terminal acetylenes is 1. The topological polar surface area (TPSA) is 59.1 Å². The molecule has 25 heavy (non-hydrogen) atoms. The number of carbonyl (C=O) groups is 2. The minimum absolute atomic E-state index is 0.401. The van der Waals surface area contributed by atoms with Gasteiger partial charge in [0.05, 0.1) is 12.8 Å². The molecule has 0 saturated carbocycles. The minimum atomic E-state index is -0.641.